The number of nitrogens with one attached hydrogen (secondary N) is 1. The third-order valence-electron chi connectivity index (χ3n) is 8.55. The highest BCUT2D eigenvalue weighted by atomic mass is 19.3. The van der Waals surface area contributed by atoms with Crippen LogP contribution in [-0.4, -0.2) is 30.9 Å². The molecular weight excluding hydrogens is 600 g/mol. The van der Waals surface area contributed by atoms with Gasteiger partial charge in [-0.25, -0.2) is 27.2 Å². The lowest BCUT2D eigenvalue weighted by molar-refractivity contribution is -0.122. The van der Waals surface area contributed by atoms with Crippen LogP contribution in [0.25, 0.3) is 22.2 Å². The van der Waals surface area contributed by atoms with Crippen LogP contribution in [0.3, 0.4) is 0 Å². The number of nitrogens with zero attached hydrogens (tertiary/aromatic N) is 5. The standard InChI is InChI=1S/C31H21F6N7O/c32-16-5-14(6-17(33)8-16)7-20(25-18(10-22-23(41-25)12-40-42-22)15-3-1-2-13(4-15)11-38)27(30(39)45)44-28-24(26(43-44)29(34)35)19-9-21(19)31(28,36)37/h1-6,8,10,12,19-21,27,29H,7,9H2,(H2,39,45)(H,40,42)/t19-,20+,21+,27?/m0/s1. The highest BCUT2D eigenvalue weighted by Crippen LogP contribution is 2.68. The van der Waals surface area contributed by atoms with Gasteiger partial charge in [-0.15, -0.1) is 0 Å². The molecule has 2 aliphatic rings. The number of rotatable bonds is 8. The van der Waals surface area contributed by atoms with Gasteiger partial charge in [-0.2, -0.15) is 24.2 Å². The fourth-order valence-electron chi connectivity index (χ4n) is 6.61. The van der Waals surface area contributed by atoms with E-state index in [1.165, 1.54) is 12.3 Å². The summed E-state index contributed by atoms with van der Waals surface area (Å²) in [7, 11) is 0. The van der Waals surface area contributed by atoms with E-state index < -0.39 is 65.1 Å². The van der Waals surface area contributed by atoms with Gasteiger partial charge in [0.1, 0.15) is 34.6 Å². The molecule has 3 heterocycles. The minimum absolute atomic E-state index is 0.00323. The van der Waals surface area contributed by atoms with Crippen LogP contribution in [-0.2, 0) is 17.1 Å². The number of amides is 1. The number of carbonyl (C=O) groups is 1. The molecule has 1 amide bonds. The molecule has 3 N–H and O–H groups in total. The van der Waals surface area contributed by atoms with Crippen LogP contribution >= 0.6 is 0 Å². The Bertz CT molecular complexity index is 2030. The lowest BCUT2D eigenvalue weighted by Crippen LogP contribution is -2.37. The first-order valence-corrected chi connectivity index (χ1v) is 13.9. The van der Waals surface area contributed by atoms with Crippen molar-refractivity contribution < 1.29 is 31.1 Å². The van der Waals surface area contributed by atoms with Crippen molar-refractivity contribution in [2.45, 2.75) is 43.1 Å². The lowest BCUT2D eigenvalue weighted by Gasteiger charge is -2.29. The number of benzene rings is 2. The molecular formula is C31H21F6N7O. The molecule has 1 unspecified atom stereocenters. The summed E-state index contributed by atoms with van der Waals surface area (Å²) in [6, 6.07) is 10.8. The molecule has 0 spiro atoms. The van der Waals surface area contributed by atoms with Crippen LogP contribution < -0.4 is 5.73 Å². The Morgan fingerprint density at radius 2 is 1.89 bits per heavy atom. The van der Waals surface area contributed by atoms with Crippen LogP contribution in [0, 0.1) is 28.9 Å². The van der Waals surface area contributed by atoms with Gasteiger partial charge in [-0.1, -0.05) is 12.1 Å². The average Bonchev–Trinajstić information content (AvgIpc) is 3.39. The van der Waals surface area contributed by atoms with Crippen LogP contribution in [0.5, 0.6) is 0 Å². The fourth-order valence-corrected chi connectivity index (χ4v) is 6.61. The highest BCUT2D eigenvalue weighted by Gasteiger charge is 2.67. The van der Waals surface area contributed by atoms with Crippen molar-refractivity contribution in [1.82, 2.24) is 25.0 Å². The number of aromatic nitrogens is 5. The number of fused-ring (bicyclic) bond motifs is 4. The van der Waals surface area contributed by atoms with E-state index in [1.807, 2.05) is 6.07 Å². The molecule has 1 fully saturated rings. The zero-order chi connectivity index (χ0) is 31.8. The van der Waals surface area contributed by atoms with Crippen molar-refractivity contribution >= 4 is 16.9 Å². The van der Waals surface area contributed by atoms with E-state index in [-0.39, 0.29) is 40.7 Å². The Kier molecular flexibility index (Phi) is 6.47. The number of alkyl halides is 4. The largest absolute Gasteiger partial charge is 0.368 e. The molecule has 2 aromatic carbocycles. The van der Waals surface area contributed by atoms with Crippen molar-refractivity contribution in [2.75, 3.05) is 0 Å². The SMILES string of the molecule is N#Cc1cccc(-c2cc3[nH]ncc3nc2[C@@H](Cc2cc(F)cc(F)c2)C(C(N)=O)n2nc(C(F)F)c3c2C(F)(F)[C@@H]2C[C@H]32)c1. The first-order chi connectivity index (χ1) is 21.5. The Morgan fingerprint density at radius 1 is 1.13 bits per heavy atom. The van der Waals surface area contributed by atoms with Gasteiger partial charge >= 0.3 is 0 Å². The normalized spacial score (nSPS) is 19.2. The molecule has 0 radical (unpaired) electrons. The minimum atomic E-state index is -3.59. The van der Waals surface area contributed by atoms with E-state index in [9.17, 15) is 27.6 Å². The second kappa shape index (κ2) is 10.2. The molecule has 8 nitrogen and oxygen atoms in total. The quantitative estimate of drug-likeness (QED) is 0.201. The number of hydrogen-bond acceptors (Lipinski definition) is 5. The number of halogens is 6. The van der Waals surface area contributed by atoms with E-state index in [2.05, 4.69) is 20.3 Å². The summed E-state index contributed by atoms with van der Waals surface area (Å²) in [6.07, 6.45) is -2.24. The summed E-state index contributed by atoms with van der Waals surface area (Å²) in [5.41, 5.74) is 5.70. The Balaban J connectivity index is 1.51. The Labute approximate surface area is 250 Å². The van der Waals surface area contributed by atoms with Crippen LogP contribution in [0.4, 0.5) is 26.3 Å². The van der Waals surface area contributed by atoms with E-state index in [1.54, 1.807) is 24.3 Å². The lowest BCUT2D eigenvalue weighted by atomic mass is 9.84. The molecule has 0 saturated heterocycles. The number of H-pyrrole nitrogens is 1. The zero-order valence-corrected chi connectivity index (χ0v) is 23.0. The topological polar surface area (TPSA) is 126 Å². The van der Waals surface area contributed by atoms with Gasteiger partial charge in [0, 0.05) is 29.0 Å². The molecule has 3 aromatic heterocycles. The van der Waals surface area contributed by atoms with Crippen molar-refractivity contribution in [2.24, 2.45) is 11.7 Å². The van der Waals surface area contributed by atoms with Crippen molar-refractivity contribution in [1.29, 1.82) is 5.26 Å². The first kappa shape index (κ1) is 28.6. The molecule has 14 heteroatoms. The van der Waals surface area contributed by atoms with Crippen LogP contribution in [0.2, 0.25) is 0 Å². The molecule has 2 aliphatic carbocycles. The van der Waals surface area contributed by atoms with Gasteiger partial charge < -0.3 is 5.73 Å². The third-order valence-corrected chi connectivity index (χ3v) is 8.55. The number of hydrogen-bond donors (Lipinski definition) is 2. The molecule has 228 valence electrons. The fraction of sp³-hybridized carbons (Fsp3) is 0.258. The number of primary amides is 1. The number of aromatic amines is 1. The van der Waals surface area contributed by atoms with Gasteiger partial charge in [0.25, 0.3) is 12.3 Å². The molecule has 0 bridgehead atoms. The van der Waals surface area contributed by atoms with Crippen LogP contribution in [0.1, 0.15) is 64.5 Å². The summed E-state index contributed by atoms with van der Waals surface area (Å²) in [6.45, 7) is 0. The monoisotopic (exact) mass is 621 g/mol. The van der Waals surface area contributed by atoms with E-state index >= 15 is 8.78 Å². The maximum atomic E-state index is 15.7. The first-order valence-electron chi connectivity index (χ1n) is 13.9. The summed E-state index contributed by atoms with van der Waals surface area (Å²) < 4.78 is 89.2. The summed E-state index contributed by atoms with van der Waals surface area (Å²) >= 11 is 0. The molecule has 1 saturated carbocycles. The van der Waals surface area contributed by atoms with E-state index in [0.29, 0.717) is 27.4 Å². The van der Waals surface area contributed by atoms with Gasteiger partial charge in [-0.05, 0) is 60.2 Å². The summed E-state index contributed by atoms with van der Waals surface area (Å²) in [5, 5.41) is 20.2. The highest BCUT2D eigenvalue weighted by molar-refractivity contribution is 5.84. The van der Waals surface area contributed by atoms with Crippen LogP contribution in [0.15, 0.2) is 54.7 Å². The van der Waals surface area contributed by atoms with E-state index in [0.717, 1.165) is 12.1 Å². The number of nitrogens with two attached hydrogens (primary N) is 1. The maximum Gasteiger partial charge on any atom is 0.293 e. The smallest absolute Gasteiger partial charge is 0.293 e. The third kappa shape index (κ3) is 4.61. The molecule has 7 rings (SSSR count). The second-order valence-electron chi connectivity index (χ2n) is 11.3. The Hall–Kier alpha value is -5.19. The summed E-state index contributed by atoms with van der Waals surface area (Å²) in [5.74, 6) is -10.1. The molecule has 45 heavy (non-hydrogen) atoms. The van der Waals surface area contributed by atoms with Gasteiger partial charge in [0.15, 0.2) is 0 Å². The second-order valence-corrected chi connectivity index (χ2v) is 11.3. The van der Waals surface area contributed by atoms with Gasteiger partial charge in [0.2, 0.25) is 5.91 Å². The average molecular weight is 622 g/mol. The predicted octanol–water partition coefficient (Wildman–Crippen LogP) is 6.17. The van der Waals surface area contributed by atoms with Crippen molar-refractivity contribution in [3.63, 3.8) is 0 Å². The maximum absolute atomic E-state index is 15.7. The number of nitriles is 1. The zero-order valence-electron chi connectivity index (χ0n) is 23.0. The summed E-state index contributed by atoms with van der Waals surface area (Å²) in [4.78, 5) is 18.1. The molecule has 4 atom stereocenters. The van der Waals surface area contributed by atoms with Crippen molar-refractivity contribution in [3.05, 3.63) is 100 Å². The molecule has 5 aromatic rings. The number of pyridine rings is 1. The predicted molar refractivity (Wildman–Crippen MR) is 147 cm³/mol. The molecule has 0 aliphatic heterocycles. The number of carbonyl (C=O) groups excluding carboxylic acids is 1. The van der Waals surface area contributed by atoms with Gasteiger partial charge in [-0.3, -0.25) is 9.89 Å². The van der Waals surface area contributed by atoms with Crippen molar-refractivity contribution in [3.8, 4) is 17.2 Å². The van der Waals surface area contributed by atoms with E-state index in [4.69, 9.17) is 5.73 Å². The Morgan fingerprint density at radius 3 is 2.58 bits per heavy atom. The van der Waals surface area contributed by atoms with Gasteiger partial charge in [0.05, 0.1) is 29.0 Å². The minimum Gasteiger partial charge on any atom is -0.368 e.